The quantitative estimate of drug-likeness (QED) is 0.344. The maximum absolute atomic E-state index is 12.8. The van der Waals surface area contributed by atoms with Crippen molar-refractivity contribution in [3.63, 3.8) is 0 Å². The fourth-order valence-corrected chi connectivity index (χ4v) is 4.03. The number of hydrogen-bond acceptors (Lipinski definition) is 5. The molecule has 0 saturated heterocycles. The normalized spacial score (nSPS) is 10.7. The summed E-state index contributed by atoms with van der Waals surface area (Å²) >= 11 is 0. The number of methoxy groups -OCH3 is 2. The van der Waals surface area contributed by atoms with Gasteiger partial charge in [-0.15, -0.1) is 0 Å². The van der Waals surface area contributed by atoms with Crippen LogP contribution in [0.4, 0.5) is 5.69 Å². The predicted molar refractivity (Wildman–Crippen MR) is 135 cm³/mol. The summed E-state index contributed by atoms with van der Waals surface area (Å²) in [7, 11) is 3.26. The van der Waals surface area contributed by atoms with E-state index in [2.05, 4.69) is 9.88 Å². The van der Waals surface area contributed by atoms with Crippen molar-refractivity contribution in [1.82, 2.24) is 4.57 Å². The summed E-state index contributed by atoms with van der Waals surface area (Å²) < 4.78 is 17.9. The van der Waals surface area contributed by atoms with Gasteiger partial charge >= 0.3 is 5.97 Å². The lowest BCUT2D eigenvalue weighted by Crippen LogP contribution is -2.14. The summed E-state index contributed by atoms with van der Waals surface area (Å²) in [5.41, 5.74) is 4.06. The highest BCUT2D eigenvalue weighted by Gasteiger charge is 2.14. The van der Waals surface area contributed by atoms with Crippen LogP contribution in [0.2, 0.25) is 0 Å². The van der Waals surface area contributed by atoms with Gasteiger partial charge in [-0.2, -0.15) is 0 Å². The number of fused-ring (bicyclic) bond motifs is 1. The molecule has 4 rings (SSSR count). The molecule has 0 aliphatic heterocycles. The number of rotatable bonds is 9. The smallest absolute Gasteiger partial charge is 0.338 e. The number of nitrogens with zero attached hydrogens (tertiary/aromatic N) is 1. The van der Waals surface area contributed by atoms with E-state index < -0.39 is 0 Å². The zero-order valence-corrected chi connectivity index (χ0v) is 20.0. The third-order valence-corrected chi connectivity index (χ3v) is 5.67. The molecule has 4 aromatic rings. The Kier molecular flexibility index (Phi) is 7.35. The summed E-state index contributed by atoms with van der Waals surface area (Å²) in [6.45, 7) is 2.68. The topological polar surface area (TPSA) is 78.8 Å². The van der Waals surface area contributed by atoms with Crippen LogP contribution in [0, 0.1) is 0 Å². The largest absolute Gasteiger partial charge is 0.497 e. The molecule has 7 heteroatoms. The van der Waals surface area contributed by atoms with Gasteiger partial charge in [-0.05, 0) is 60.5 Å². The molecule has 0 spiro atoms. The highest BCUT2D eigenvalue weighted by Crippen LogP contribution is 2.27. The Morgan fingerprint density at radius 3 is 2.26 bits per heavy atom. The van der Waals surface area contributed by atoms with Gasteiger partial charge < -0.3 is 24.1 Å². The van der Waals surface area contributed by atoms with Gasteiger partial charge in [0.2, 0.25) is 5.91 Å². The van der Waals surface area contributed by atoms with Gasteiger partial charge in [-0.3, -0.25) is 4.79 Å². The third kappa shape index (κ3) is 5.63. The summed E-state index contributed by atoms with van der Waals surface area (Å²) in [5.74, 6) is 0.931. The molecule has 35 heavy (non-hydrogen) atoms. The number of esters is 1. The first-order chi connectivity index (χ1) is 17.0. The van der Waals surface area contributed by atoms with E-state index in [0.717, 1.165) is 33.5 Å². The molecule has 0 fully saturated rings. The Morgan fingerprint density at radius 2 is 1.60 bits per heavy atom. The second-order valence-electron chi connectivity index (χ2n) is 8.04. The number of amides is 1. The number of ether oxygens (including phenoxy) is 3. The zero-order valence-electron chi connectivity index (χ0n) is 20.0. The Morgan fingerprint density at radius 1 is 0.914 bits per heavy atom. The van der Waals surface area contributed by atoms with Crippen molar-refractivity contribution in [1.29, 1.82) is 0 Å². The molecular weight excluding hydrogens is 444 g/mol. The SMILES string of the molecule is CCOC(=O)c1ccc(NC(=O)Cc2cn(Cc3cc(OC)cc(OC)c3)c3ccccc23)cc1. The summed E-state index contributed by atoms with van der Waals surface area (Å²) in [6, 6.07) is 20.5. The fraction of sp³-hybridized carbons (Fsp3) is 0.214. The average molecular weight is 473 g/mol. The summed E-state index contributed by atoms with van der Waals surface area (Å²) in [4.78, 5) is 24.7. The number of carbonyl (C=O) groups is 2. The van der Waals surface area contributed by atoms with Gasteiger partial charge in [0.1, 0.15) is 11.5 Å². The van der Waals surface area contributed by atoms with Gasteiger partial charge in [0.15, 0.2) is 0 Å². The van der Waals surface area contributed by atoms with Crippen molar-refractivity contribution in [3.8, 4) is 11.5 Å². The first-order valence-corrected chi connectivity index (χ1v) is 11.4. The van der Waals surface area contributed by atoms with E-state index in [9.17, 15) is 9.59 Å². The van der Waals surface area contributed by atoms with Crippen LogP contribution in [0.25, 0.3) is 10.9 Å². The van der Waals surface area contributed by atoms with Crippen LogP contribution in [0.1, 0.15) is 28.4 Å². The molecule has 0 aliphatic rings. The first-order valence-electron chi connectivity index (χ1n) is 11.4. The number of anilines is 1. The van der Waals surface area contributed by atoms with Crippen LogP contribution < -0.4 is 14.8 Å². The number of para-hydroxylation sites is 1. The molecule has 180 valence electrons. The lowest BCUT2D eigenvalue weighted by molar-refractivity contribution is -0.115. The number of carbonyl (C=O) groups excluding carboxylic acids is 2. The maximum atomic E-state index is 12.8. The minimum Gasteiger partial charge on any atom is -0.497 e. The number of nitrogens with one attached hydrogen (secondary N) is 1. The molecule has 1 heterocycles. The van der Waals surface area contributed by atoms with Crippen LogP contribution >= 0.6 is 0 Å². The Bertz CT molecular complexity index is 1320. The lowest BCUT2D eigenvalue weighted by atomic mass is 10.1. The standard InChI is InChI=1S/C28H28N2O5/c1-4-35-28(32)20-9-11-22(12-10-20)29-27(31)15-21-18-30(26-8-6-5-7-25(21)26)17-19-13-23(33-2)16-24(14-19)34-3/h5-14,16,18H,4,15,17H2,1-3H3,(H,29,31). The molecule has 1 N–H and O–H groups in total. The average Bonchev–Trinajstić information content (AvgIpc) is 3.21. The van der Waals surface area contributed by atoms with Gasteiger partial charge in [0, 0.05) is 35.4 Å². The number of aromatic nitrogens is 1. The van der Waals surface area contributed by atoms with Crippen molar-refractivity contribution in [3.05, 3.63) is 89.6 Å². The Hall–Kier alpha value is -4.26. The second kappa shape index (κ2) is 10.8. The summed E-state index contributed by atoms with van der Waals surface area (Å²) in [5, 5.41) is 3.93. The van der Waals surface area contributed by atoms with Crippen molar-refractivity contribution in [2.45, 2.75) is 19.9 Å². The lowest BCUT2D eigenvalue weighted by Gasteiger charge is -2.10. The summed E-state index contributed by atoms with van der Waals surface area (Å²) in [6.07, 6.45) is 2.23. The molecule has 0 radical (unpaired) electrons. The van der Waals surface area contributed by atoms with Gasteiger partial charge in [-0.1, -0.05) is 18.2 Å². The minimum absolute atomic E-state index is 0.139. The van der Waals surface area contributed by atoms with Gasteiger partial charge in [-0.25, -0.2) is 4.79 Å². The van der Waals surface area contributed by atoms with Crippen LogP contribution in [-0.4, -0.2) is 37.3 Å². The molecular formula is C28H28N2O5. The predicted octanol–water partition coefficient (Wildman–Crippen LogP) is 5.06. The molecule has 0 bridgehead atoms. The molecule has 7 nitrogen and oxygen atoms in total. The van der Waals surface area contributed by atoms with Gasteiger partial charge in [0.05, 0.1) is 32.8 Å². The molecule has 0 saturated carbocycles. The van der Waals surface area contributed by atoms with Crippen LogP contribution in [0.15, 0.2) is 72.9 Å². The molecule has 3 aromatic carbocycles. The minimum atomic E-state index is -0.383. The molecule has 1 amide bonds. The van der Waals surface area contributed by atoms with Crippen molar-refractivity contribution in [2.75, 3.05) is 26.1 Å². The maximum Gasteiger partial charge on any atom is 0.338 e. The van der Waals surface area contributed by atoms with E-state index in [1.807, 2.05) is 48.7 Å². The Labute approximate surface area is 204 Å². The van der Waals surface area contributed by atoms with Crippen LogP contribution in [0.3, 0.4) is 0 Å². The monoisotopic (exact) mass is 472 g/mol. The van der Waals surface area contributed by atoms with Crippen LogP contribution in [-0.2, 0) is 22.5 Å². The van der Waals surface area contributed by atoms with Gasteiger partial charge in [0.25, 0.3) is 0 Å². The van der Waals surface area contributed by atoms with E-state index in [4.69, 9.17) is 14.2 Å². The second-order valence-corrected chi connectivity index (χ2v) is 8.04. The van der Waals surface area contributed by atoms with E-state index in [1.54, 1.807) is 45.4 Å². The van der Waals surface area contributed by atoms with E-state index in [1.165, 1.54) is 0 Å². The molecule has 0 atom stereocenters. The molecule has 0 aliphatic carbocycles. The number of hydrogen-bond donors (Lipinski definition) is 1. The molecule has 0 unspecified atom stereocenters. The highest BCUT2D eigenvalue weighted by molar-refractivity contribution is 5.96. The number of benzene rings is 3. The van der Waals surface area contributed by atoms with Crippen molar-refractivity contribution in [2.24, 2.45) is 0 Å². The van der Waals surface area contributed by atoms with Crippen molar-refractivity contribution >= 4 is 28.5 Å². The molecule has 1 aromatic heterocycles. The highest BCUT2D eigenvalue weighted by atomic mass is 16.5. The van der Waals surface area contributed by atoms with E-state index in [-0.39, 0.29) is 18.3 Å². The van der Waals surface area contributed by atoms with Crippen molar-refractivity contribution < 1.29 is 23.8 Å². The van der Waals surface area contributed by atoms with E-state index in [0.29, 0.717) is 24.4 Å². The third-order valence-electron chi connectivity index (χ3n) is 5.67. The van der Waals surface area contributed by atoms with E-state index >= 15 is 0 Å². The Balaban J connectivity index is 1.52. The zero-order chi connectivity index (χ0) is 24.8. The fourth-order valence-electron chi connectivity index (χ4n) is 4.03. The van der Waals surface area contributed by atoms with Crippen LogP contribution in [0.5, 0.6) is 11.5 Å². The first kappa shape index (κ1) is 23.9.